The molecule has 0 bridgehead atoms. The molecule has 386 valence electrons. The number of hydrogen-bond acceptors (Lipinski definition) is 6. The van der Waals surface area contributed by atoms with Crippen molar-refractivity contribution < 1.29 is 28.6 Å². The summed E-state index contributed by atoms with van der Waals surface area (Å²) in [6.07, 6.45) is 80.2. The molecule has 0 radical (unpaired) electrons. The number of carbonyl (C=O) groups is 3. The molecule has 0 amide bonds. The predicted octanol–water partition coefficient (Wildman–Crippen LogP) is 18.4. The fourth-order valence-electron chi connectivity index (χ4n) is 6.80. The van der Waals surface area contributed by atoms with Crippen molar-refractivity contribution in [1.29, 1.82) is 0 Å². The molecular weight excluding hydrogens is 853 g/mol. The fraction of sp³-hybridized carbons (Fsp3) is 0.571. The normalized spacial score (nSPS) is 13.3. The molecular formula is C63H98O6. The van der Waals surface area contributed by atoms with Crippen LogP contribution >= 0.6 is 0 Å². The third-order valence-electron chi connectivity index (χ3n) is 10.8. The predicted molar refractivity (Wildman–Crippen MR) is 297 cm³/mol. The van der Waals surface area contributed by atoms with Gasteiger partial charge in [0.15, 0.2) is 6.10 Å². The molecule has 0 heterocycles. The van der Waals surface area contributed by atoms with Crippen LogP contribution in [0, 0.1) is 0 Å². The van der Waals surface area contributed by atoms with Crippen molar-refractivity contribution >= 4 is 17.9 Å². The lowest BCUT2D eigenvalue weighted by Gasteiger charge is -2.18. The second-order valence-electron chi connectivity index (χ2n) is 17.4. The van der Waals surface area contributed by atoms with Gasteiger partial charge in [-0.05, 0) is 122 Å². The number of hydrogen-bond donors (Lipinski definition) is 0. The maximum Gasteiger partial charge on any atom is 0.306 e. The van der Waals surface area contributed by atoms with Crippen LogP contribution in [0.5, 0.6) is 0 Å². The Labute approximate surface area is 423 Å². The standard InChI is InChI=1S/C63H98O6/c1-4-7-10-13-15-17-19-21-23-24-25-26-27-28-29-30-31-32-33-34-35-36-37-38-40-41-43-45-47-50-53-56-62(65)68-59-60(58-67-61(64)55-52-49-12-9-6-3)69-63(66)57-54-51-48-46-44-42-39-22-20-18-16-14-11-8-5-2/h7-8,10-11,15-18,21-23,25-26,28-29,31-32,34-35,37-39,41,43,60H,4-6,9,12-14,19-20,24,27,30,33,36,40,42,44-59H2,1-3H3/b10-7-,11-8-,17-15-,18-16-,23-21-,26-25-,29-28-,32-31-,35-34-,38-37-,39-22-,43-41-. The molecule has 0 aromatic rings. The van der Waals surface area contributed by atoms with Gasteiger partial charge in [0.2, 0.25) is 0 Å². The second kappa shape index (κ2) is 55.9. The molecule has 0 rings (SSSR count). The van der Waals surface area contributed by atoms with Gasteiger partial charge in [-0.2, -0.15) is 0 Å². The summed E-state index contributed by atoms with van der Waals surface area (Å²) in [4.78, 5) is 37.7. The van der Waals surface area contributed by atoms with Gasteiger partial charge in [0, 0.05) is 19.3 Å². The van der Waals surface area contributed by atoms with Crippen LogP contribution < -0.4 is 0 Å². The Morgan fingerprint density at radius 3 is 0.899 bits per heavy atom. The number of rotatable bonds is 47. The molecule has 0 fully saturated rings. The van der Waals surface area contributed by atoms with Crippen LogP contribution in [0.1, 0.15) is 213 Å². The van der Waals surface area contributed by atoms with E-state index in [1.807, 2.05) is 0 Å². The lowest BCUT2D eigenvalue weighted by Crippen LogP contribution is -2.30. The summed E-state index contributed by atoms with van der Waals surface area (Å²) in [6, 6.07) is 0. The molecule has 0 saturated heterocycles. The largest absolute Gasteiger partial charge is 0.462 e. The highest BCUT2D eigenvalue weighted by atomic mass is 16.6. The van der Waals surface area contributed by atoms with Crippen molar-refractivity contribution in [1.82, 2.24) is 0 Å². The van der Waals surface area contributed by atoms with Crippen LogP contribution in [0.3, 0.4) is 0 Å². The quantitative estimate of drug-likeness (QED) is 0.0262. The minimum atomic E-state index is -0.802. The Bertz CT molecular complexity index is 1560. The SMILES string of the molecule is CC/C=C\C/C=C\C/C=C\C/C=C\C/C=C\C/C=C\C/C=C\C/C=C\C/C=C\CCCCCC(=O)OCC(COC(=O)CCCCCCC)OC(=O)CCCCCCC/C=C\C/C=C\C/C=C\CC. The summed E-state index contributed by atoms with van der Waals surface area (Å²) >= 11 is 0. The van der Waals surface area contributed by atoms with E-state index in [2.05, 4.69) is 167 Å². The minimum Gasteiger partial charge on any atom is -0.462 e. The third-order valence-corrected chi connectivity index (χ3v) is 10.8. The molecule has 0 aliphatic carbocycles. The van der Waals surface area contributed by atoms with Crippen LogP contribution in [0.2, 0.25) is 0 Å². The van der Waals surface area contributed by atoms with E-state index in [9.17, 15) is 14.4 Å². The van der Waals surface area contributed by atoms with E-state index in [-0.39, 0.29) is 31.1 Å². The number of carbonyl (C=O) groups excluding carboxylic acids is 3. The minimum absolute atomic E-state index is 0.102. The number of allylic oxidation sites excluding steroid dienone is 24. The second-order valence-corrected chi connectivity index (χ2v) is 17.4. The Morgan fingerprint density at radius 1 is 0.304 bits per heavy atom. The third kappa shape index (κ3) is 54.1. The van der Waals surface area contributed by atoms with Crippen molar-refractivity contribution in [2.24, 2.45) is 0 Å². The van der Waals surface area contributed by atoms with Crippen molar-refractivity contribution in [3.05, 3.63) is 146 Å². The highest BCUT2D eigenvalue weighted by Gasteiger charge is 2.19. The first-order chi connectivity index (χ1) is 34.0. The van der Waals surface area contributed by atoms with Gasteiger partial charge in [-0.3, -0.25) is 14.4 Å². The van der Waals surface area contributed by atoms with Crippen molar-refractivity contribution in [3.63, 3.8) is 0 Å². The van der Waals surface area contributed by atoms with Crippen LogP contribution in [0.25, 0.3) is 0 Å². The molecule has 0 aliphatic heterocycles. The van der Waals surface area contributed by atoms with E-state index in [1.54, 1.807) is 0 Å². The van der Waals surface area contributed by atoms with Gasteiger partial charge in [0.05, 0.1) is 0 Å². The zero-order valence-corrected chi connectivity index (χ0v) is 44.0. The van der Waals surface area contributed by atoms with E-state index in [1.165, 1.54) is 0 Å². The topological polar surface area (TPSA) is 78.9 Å². The highest BCUT2D eigenvalue weighted by Crippen LogP contribution is 2.12. The smallest absolute Gasteiger partial charge is 0.306 e. The molecule has 0 aromatic heterocycles. The van der Waals surface area contributed by atoms with Gasteiger partial charge in [-0.15, -0.1) is 0 Å². The number of ether oxygens (including phenoxy) is 3. The van der Waals surface area contributed by atoms with Crippen molar-refractivity contribution in [2.75, 3.05) is 13.2 Å². The van der Waals surface area contributed by atoms with Gasteiger partial charge < -0.3 is 14.2 Å². The first-order valence-corrected chi connectivity index (χ1v) is 27.3. The lowest BCUT2D eigenvalue weighted by molar-refractivity contribution is -0.167. The van der Waals surface area contributed by atoms with E-state index in [4.69, 9.17) is 14.2 Å². The van der Waals surface area contributed by atoms with Crippen LogP contribution in [0.4, 0.5) is 0 Å². The average molecular weight is 951 g/mol. The molecule has 0 N–H and O–H groups in total. The molecule has 6 heteroatoms. The Hall–Kier alpha value is -4.71. The zero-order chi connectivity index (χ0) is 50.0. The molecule has 6 nitrogen and oxygen atoms in total. The maximum atomic E-state index is 12.7. The molecule has 1 atom stereocenters. The highest BCUT2D eigenvalue weighted by molar-refractivity contribution is 5.71. The summed E-state index contributed by atoms with van der Waals surface area (Å²) < 4.78 is 16.6. The Balaban J connectivity index is 4.22. The van der Waals surface area contributed by atoms with Crippen molar-refractivity contribution in [2.45, 2.75) is 219 Å². The summed E-state index contributed by atoms with van der Waals surface area (Å²) in [7, 11) is 0. The molecule has 1 unspecified atom stereocenters. The fourth-order valence-corrected chi connectivity index (χ4v) is 6.80. The van der Waals surface area contributed by atoms with E-state index in [0.717, 1.165) is 173 Å². The zero-order valence-electron chi connectivity index (χ0n) is 44.0. The molecule has 0 saturated carbocycles. The van der Waals surface area contributed by atoms with Gasteiger partial charge >= 0.3 is 17.9 Å². The summed E-state index contributed by atoms with van der Waals surface area (Å²) in [6.45, 7) is 6.26. The van der Waals surface area contributed by atoms with Gasteiger partial charge in [0.1, 0.15) is 13.2 Å². The van der Waals surface area contributed by atoms with E-state index < -0.39 is 6.10 Å². The maximum absolute atomic E-state index is 12.7. The lowest BCUT2D eigenvalue weighted by atomic mass is 10.1. The summed E-state index contributed by atoms with van der Waals surface area (Å²) in [5.74, 6) is -0.979. The molecule has 69 heavy (non-hydrogen) atoms. The molecule has 0 aromatic carbocycles. The Morgan fingerprint density at radius 2 is 0.565 bits per heavy atom. The van der Waals surface area contributed by atoms with Crippen LogP contribution in [-0.4, -0.2) is 37.2 Å². The average Bonchev–Trinajstić information content (AvgIpc) is 3.35. The van der Waals surface area contributed by atoms with Crippen LogP contribution in [0.15, 0.2) is 146 Å². The first kappa shape index (κ1) is 64.3. The number of unbranched alkanes of at least 4 members (excludes halogenated alkanes) is 12. The van der Waals surface area contributed by atoms with Gasteiger partial charge in [0.25, 0.3) is 0 Å². The summed E-state index contributed by atoms with van der Waals surface area (Å²) in [5.41, 5.74) is 0. The van der Waals surface area contributed by atoms with Gasteiger partial charge in [-0.1, -0.05) is 218 Å². The van der Waals surface area contributed by atoms with Crippen LogP contribution in [-0.2, 0) is 28.6 Å². The molecule has 0 spiro atoms. The van der Waals surface area contributed by atoms with E-state index >= 15 is 0 Å². The summed E-state index contributed by atoms with van der Waals surface area (Å²) in [5, 5.41) is 0. The number of esters is 3. The monoisotopic (exact) mass is 951 g/mol. The van der Waals surface area contributed by atoms with Gasteiger partial charge in [-0.25, -0.2) is 0 Å². The molecule has 0 aliphatic rings. The first-order valence-electron chi connectivity index (χ1n) is 27.3. The Kier molecular flexibility index (Phi) is 52.1. The van der Waals surface area contributed by atoms with E-state index in [0.29, 0.717) is 19.3 Å². The van der Waals surface area contributed by atoms with Crippen molar-refractivity contribution in [3.8, 4) is 0 Å².